The van der Waals surface area contributed by atoms with Crippen LogP contribution in [-0.2, 0) is 0 Å². The highest BCUT2D eigenvalue weighted by Gasteiger charge is 2.44. The second-order valence-corrected chi connectivity index (χ2v) is 6.97. The van der Waals surface area contributed by atoms with Gasteiger partial charge >= 0.3 is 0 Å². The highest BCUT2D eigenvalue weighted by Crippen LogP contribution is 2.45. The molecule has 0 aromatic carbocycles. The summed E-state index contributed by atoms with van der Waals surface area (Å²) in [6.45, 7) is 3.22. The van der Waals surface area contributed by atoms with E-state index in [-0.39, 0.29) is 5.54 Å². The summed E-state index contributed by atoms with van der Waals surface area (Å²) in [5, 5.41) is 8.21. The van der Waals surface area contributed by atoms with Crippen molar-refractivity contribution in [2.45, 2.75) is 44.2 Å². The van der Waals surface area contributed by atoms with E-state index >= 15 is 0 Å². The number of hydrogen-bond acceptors (Lipinski definition) is 3. The normalized spacial score (nSPS) is 20.5. The maximum Gasteiger partial charge on any atom is 0.0526 e. The van der Waals surface area contributed by atoms with E-state index in [1.54, 1.807) is 11.3 Å². The van der Waals surface area contributed by atoms with Crippen molar-refractivity contribution in [2.24, 2.45) is 0 Å². The minimum Gasteiger partial charge on any atom is -0.309 e. The lowest BCUT2D eigenvalue weighted by atomic mass is 9.83. The average molecular weight is 331 g/mol. The molecule has 0 amide bonds. The van der Waals surface area contributed by atoms with Gasteiger partial charge in [0.2, 0.25) is 0 Å². The molecule has 1 fully saturated rings. The zero-order chi connectivity index (χ0) is 13.2. The molecule has 2 nitrogen and oxygen atoms in total. The zero-order valence-corrected chi connectivity index (χ0v) is 13.9. The van der Waals surface area contributed by atoms with E-state index in [9.17, 15) is 0 Å². The second kappa shape index (κ2) is 6.04. The van der Waals surface area contributed by atoms with Gasteiger partial charge in [-0.3, -0.25) is 0 Å². The third-order valence-corrected chi connectivity index (χ3v) is 6.01. The van der Waals surface area contributed by atoms with Gasteiger partial charge in [0.25, 0.3) is 0 Å². The van der Waals surface area contributed by atoms with Crippen molar-refractivity contribution in [3.63, 3.8) is 0 Å². The Morgan fingerprint density at radius 3 is 2.50 bits per heavy atom. The van der Waals surface area contributed by atoms with E-state index in [1.165, 1.54) is 35.7 Å². The van der Waals surface area contributed by atoms with Gasteiger partial charge in [0.1, 0.15) is 0 Å². The molecule has 1 aliphatic rings. The summed E-state index contributed by atoms with van der Waals surface area (Å²) in [6.07, 6.45) is 5.28. The SMILES string of the molecule is CCNC(c1cscc1Br)C1(N(C)C)CCCC1. The fourth-order valence-electron chi connectivity index (χ4n) is 3.27. The molecule has 1 atom stereocenters. The van der Waals surface area contributed by atoms with Crippen LogP contribution in [0.3, 0.4) is 0 Å². The Bertz CT molecular complexity index is 383. The predicted octanol–water partition coefficient (Wildman–Crippen LogP) is 4.04. The van der Waals surface area contributed by atoms with Crippen LogP contribution in [0, 0.1) is 0 Å². The number of thiophene rings is 1. The first kappa shape index (κ1) is 14.5. The fraction of sp³-hybridized carbons (Fsp3) is 0.714. The van der Waals surface area contributed by atoms with Gasteiger partial charge in [0.15, 0.2) is 0 Å². The molecule has 1 aromatic rings. The summed E-state index contributed by atoms with van der Waals surface area (Å²) >= 11 is 5.49. The predicted molar refractivity (Wildman–Crippen MR) is 83.3 cm³/mol. The molecule has 1 unspecified atom stereocenters. The average Bonchev–Trinajstić information content (AvgIpc) is 2.95. The van der Waals surface area contributed by atoms with Crippen LogP contribution in [-0.4, -0.2) is 31.1 Å². The Kier molecular flexibility index (Phi) is 4.86. The molecule has 0 saturated heterocycles. The van der Waals surface area contributed by atoms with Crippen LogP contribution in [0.4, 0.5) is 0 Å². The fourth-order valence-corrected chi connectivity index (χ4v) is 4.82. The maximum atomic E-state index is 3.72. The van der Waals surface area contributed by atoms with Crippen LogP contribution >= 0.6 is 27.3 Å². The molecule has 1 heterocycles. The summed E-state index contributed by atoms with van der Waals surface area (Å²) in [5.41, 5.74) is 1.71. The Morgan fingerprint density at radius 1 is 1.39 bits per heavy atom. The van der Waals surface area contributed by atoms with Gasteiger partial charge in [-0.1, -0.05) is 19.8 Å². The summed E-state index contributed by atoms with van der Waals surface area (Å²) in [4.78, 5) is 2.44. The maximum absolute atomic E-state index is 3.72. The lowest BCUT2D eigenvalue weighted by molar-refractivity contribution is 0.105. The molecule has 2 rings (SSSR count). The molecule has 0 spiro atoms. The number of rotatable bonds is 5. The molecule has 0 bridgehead atoms. The van der Waals surface area contributed by atoms with Crippen molar-refractivity contribution < 1.29 is 0 Å². The number of likely N-dealkylation sites (N-methyl/N-ethyl adjacent to an activating group) is 2. The molecule has 0 radical (unpaired) electrons. The number of nitrogens with zero attached hydrogens (tertiary/aromatic N) is 1. The topological polar surface area (TPSA) is 15.3 Å². The van der Waals surface area contributed by atoms with Gasteiger partial charge in [0, 0.05) is 15.4 Å². The van der Waals surface area contributed by atoms with E-state index in [2.05, 4.69) is 57.9 Å². The van der Waals surface area contributed by atoms with Crippen LogP contribution in [0.25, 0.3) is 0 Å². The van der Waals surface area contributed by atoms with Crippen LogP contribution in [0.5, 0.6) is 0 Å². The standard InChI is InChI=1S/C14H23BrN2S/c1-4-16-13(11-9-18-10-12(11)15)14(17(2)3)7-5-6-8-14/h9-10,13,16H,4-8H2,1-3H3. The van der Waals surface area contributed by atoms with Crippen molar-refractivity contribution >= 4 is 27.3 Å². The number of hydrogen-bond donors (Lipinski definition) is 1. The summed E-state index contributed by atoms with van der Waals surface area (Å²) < 4.78 is 1.26. The second-order valence-electron chi connectivity index (χ2n) is 5.37. The van der Waals surface area contributed by atoms with Crippen LogP contribution in [0.15, 0.2) is 15.2 Å². The first-order valence-electron chi connectivity index (χ1n) is 6.74. The van der Waals surface area contributed by atoms with Crippen LogP contribution < -0.4 is 5.32 Å². The molecular formula is C14H23BrN2S. The van der Waals surface area contributed by atoms with Gasteiger partial charge in [-0.05, 0) is 60.4 Å². The highest BCUT2D eigenvalue weighted by molar-refractivity contribution is 9.10. The summed E-state index contributed by atoms with van der Waals surface area (Å²) in [5.74, 6) is 0. The number of nitrogens with one attached hydrogen (secondary N) is 1. The Balaban J connectivity index is 2.37. The molecule has 4 heteroatoms. The minimum absolute atomic E-state index is 0.277. The lowest BCUT2D eigenvalue weighted by Crippen LogP contribution is -2.52. The molecule has 1 N–H and O–H groups in total. The van der Waals surface area contributed by atoms with Gasteiger partial charge in [-0.2, -0.15) is 11.3 Å². The van der Waals surface area contributed by atoms with E-state index in [0.717, 1.165) is 6.54 Å². The molecule has 18 heavy (non-hydrogen) atoms. The molecule has 0 aliphatic heterocycles. The Labute approximate surface area is 123 Å². The van der Waals surface area contributed by atoms with Gasteiger partial charge in [-0.25, -0.2) is 0 Å². The van der Waals surface area contributed by atoms with Crippen molar-refractivity contribution in [1.82, 2.24) is 10.2 Å². The van der Waals surface area contributed by atoms with Crippen LogP contribution in [0.1, 0.15) is 44.2 Å². The molecular weight excluding hydrogens is 308 g/mol. The lowest BCUT2D eigenvalue weighted by Gasteiger charge is -2.43. The first-order chi connectivity index (χ1) is 8.62. The van der Waals surface area contributed by atoms with E-state index in [0.29, 0.717) is 6.04 Å². The zero-order valence-electron chi connectivity index (χ0n) is 11.5. The third kappa shape index (κ3) is 2.53. The Morgan fingerprint density at radius 2 is 2.06 bits per heavy atom. The molecule has 1 saturated carbocycles. The summed E-state index contributed by atoms with van der Waals surface area (Å²) in [7, 11) is 4.46. The van der Waals surface area contributed by atoms with Gasteiger partial charge in [-0.15, -0.1) is 0 Å². The molecule has 1 aromatic heterocycles. The van der Waals surface area contributed by atoms with Crippen LogP contribution in [0.2, 0.25) is 0 Å². The van der Waals surface area contributed by atoms with Gasteiger partial charge in [0.05, 0.1) is 6.04 Å². The first-order valence-corrected chi connectivity index (χ1v) is 8.48. The van der Waals surface area contributed by atoms with Crippen molar-refractivity contribution in [2.75, 3.05) is 20.6 Å². The molecule has 1 aliphatic carbocycles. The monoisotopic (exact) mass is 330 g/mol. The smallest absolute Gasteiger partial charge is 0.0526 e. The third-order valence-electron chi connectivity index (χ3n) is 4.26. The van der Waals surface area contributed by atoms with Crippen molar-refractivity contribution in [3.05, 3.63) is 20.8 Å². The largest absolute Gasteiger partial charge is 0.309 e. The van der Waals surface area contributed by atoms with E-state index in [4.69, 9.17) is 0 Å². The minimum atomic E-state index is 0.277. The number of halogens is 1. The highest BCUT2D eigenvalue weighted by atomic mass is 79.9. The Hall–Kier alpha value is 0.1000. The quantitative estimate of drug-likeness (QED) is 0.876. The van der Waals surface area contributed by atoms with Crippen molar-refractivity contribution in [3.8, 4) is 0 Å². The van der Waals surface area contributed by atoms with Gasteiger partial charge < -0.3 is 10.2 Å². The summed E-state index contributed by atoms with van der Waals surface area (Å²) in [6, 6.07) is 0.431. The van der Waals surface area contributed by atoms with Crippen molar-refractivity contribution in [1.29, 1.82) is 0 Å². The van der Waals surface area contributed by atoms with E-state index in [1.807, 2.05) is 0 Å². The van der Waals surface area contributed by atoms with E-state index < -0.39 is 0 Å². The molecule has 102 valence electrons.